The Bertz CT molecular complexity index is 742. The summed E-state index contributed by atoms with van der Waals surface area (Å²) in [5.74, 6) is 2.34. The number of ether oxygens (including phenoxy) is 1. The average Bonchev–Trinajstić information content (AvgIpc) is 3.43. The molecule has 3 amide bonds. The Labute approximate surface area is 173 Å². The van der Waals surface area contributed by atoms with E-state index in [2.05, 4.69) is 17.0 Å². The maximum atomic E-state index is 12.9. The van der Waals surface area contributed by atoms with Crippen LogP contribution in [0.2, 0.25) is 0 Å². The summed E-state index contributed by atoms with van der Waals surface area (Å²) in [6, 6.07) is 8.09. The molecule has 0 unspecified atom stereocenters. The number of methoxy groups -OCH3 is 1. The lowest BCUT2D eigenvalue weighted by atomic mass is 9.89. The quantitative estimate of drug-likeness (QED) is 0.780. The number of carbonyl (C=O) groups is 2. The first-order valence-electron chi connectivity index (χ1n) is 10.9. The molecular formula is C23H33N3O3. The zero-order chi connectivity index (χ0) is 20.5. The van der Waals surface area contributed by atoms with Gasteiger partial charge in [0.2, 0.25) is 5.91 Å². The summed E-state index contributed by atoms with van der Waals surface area (Å²) in [5.41, 5.74) is 1.12. The van der Waals surface area contributed by atoms with Gasteiger partial charge in [0.25, 0.3) is 0 Å². The van der Waals surface area contributed by atoms with E-state index >= 15 is 0 Å². The van der Waals surface area contributed by atoms with Crippen molar-refractivity contribution in [2.24, 2.45) is 17.8 Å². The minimum absolute atomic E-state index is 0.00471. The fourth-order valence-corrected chi connectivity index (χ4v) is 5.52. The van der Waals surface area contributed by atoms with Gasteiger partial charge in [-0.1, -0.05) is 25.0 Å². The predicted molar refractivity (Wildman–Crippen MR) is 112 cm³/mol. The average molecular weight is 400 g/mol. The van der Waals surface area contributed by atoms with Gasteiger partial charge in [-0.25, -0.2) is 4.79 Å². The number of urea groups is 1. The summed E-state index contributed by atoms with van der Waals surface area (Å²) in [6.45, 7) is 2.25. The molecule has 4 rings (SSSR count). The maximum absolute atomic E-state index is 12.9. The molecule has 0 aromatic heterocycles. The number of hydrogen-bond donors (Lipinski definition) is 0. The van der Waals surface area contributed by atoms with Gasteiger partial charge in [-0.2, -0.15) is 0 Å². The van der Waals surface area contributed by atoms with E-state index in [1.165, 1.54) is 25.7 Å². The molecule has 6 heteroatoms. The molecular weight excluding hydrogens is 366 g/mol. The third-order valence-electron chi connectivity index (χ3n) is 7.04. The van der Waals surface area contributed by atoms with E-state index in [-0.39, 0.29) is 12.1 Å². The van der Waals surface area contributed by atoms with Gasteiger partial charge >= 0.3 is 6.03 Å². The smallest absolute Gasteiger partial charge is 0.320 e. The van der Waals surface area contributed by atoms with Gasteiger partial charge < -0.3 is 19.4 Å². The highest BCUT2D eigenvalue weighted by Gasteiger charge is 2.50. The number of likely N-dealkylation sites (tertiary alicyclic amines) is 2. The van der Waals surface area contributed by atoms with Crippen molar-refractivity contribution in [2.75, 3.05) is 40.8 Å². The van der Waals surface area contributed by atoms with Crippen molar-refractivity contribution in [3.63, 3.8) is 0 Å². The summed E-state index contributed by atoms with van der Waals surface area (Å²) in [7, 11) is 5.27. The molecule has 3 atom stereocenters. The van der Waals surface area contributed by atoms with E-state index in [9.17, 15) is 9.59 Å². The van der Waals surface area contributed by atoms with Crippen molar-refractivity contribution in [1.29, 1.82) is 0 Å². The molecule has 2 heterocycles. The van der Waals surface area contributed by atoms with Crippen LogP contribution in [0, 0.1) is 17.8 Å². The third-order valence-corrected chi connectivity index (χ3v) is 7.04. The molecule has 1 saturated carbocycles. The number of amides is 3. The topological polar surface area (TPSA) is 53.1 Å². The van der Waals surface area contributed by atoms with Crippen LogP contribution in [0.1, 0.15) is 43.7 Å². The first-order valence-corrected chi connectivity index (χ1v) is 10.9. The van der Waals surface area contributed by atoms with E-state index in [0.717, 1.165) is 24.4 Å². The van der Waals surface area contributed by atoms with E-state index in [4.69, 9.17) is 4.74 Å². The molecule has 1 aromatic carbocycles. The minimum atomic E-state index is 0.00471. The van der Waals surface area contributed by atoms with Crippen LogP contribution in [0.15, 0.2) is 24.3 Å². The van der Waals surface area contributed by atoms with Crippen molar-refractivity contribution in [3.8, 4) is 5.75 Å². The van der Waals surface area contributed by atoms with Crippen LogP contribution in [0.4, 0.5) is 4.79 Å². The molecule has 2 aliphatic heterocycles. The summed E-state index contributed by atoms with van der Waals surface area (Å²) in [6.07, 6.45) is 5.64. The lowest BCUT2D eigenvalue weighted by Gasteiger charge is -2.32. The maximum Gasteiger partial charge on any atom is 0.320 e. The van der Waals surface area contributed by atoms with Crippen LogP contribution in [0.25, 0.3) is 0 Å². The number of benzene rings is 1. The lowest BCUT2D eigenvalue weighted by Crippen LogP contribution is -2.42. The Morgan fingerprint density at radius 1 is 1.07 bits per heavy atom. The second-order valence-corrected chi connectivity index (χ2v) is 9.12. The molecule has 2 saturated heterocycles. The van der Waals surface area contributed by atoms with Crippen LogP contribution in [0.3, 0.4) is 0 Å². The van der Waals surface area contributed by atoms with Gasteiger partial charge in [0, 0.05) is 52.0 Å². The fourth-order valence-electron chi connectivity index (χ4n) is 5.52. The Morgan fingerprint density at radius 2 is 1.76 bits per heavy atom. The number of rotatable bonds is 4. The van der Waals surface area contributed by atoms with Gasteiger partial charge in [0.15, 0.2) is 0 Å². The van der Waals surface area contributed by atoms with Gasteiger partial charge in [-0.15, -0.1) is 0 Å². The highest BCUT2D eigenvalue weighted by atomic mass is 16.5. The van der Waals surface area contributed by atoms with Crippen LogP contribution >= 0.6 is 0 Å². The normalized spacial score (nSPS) is 26.7. The first-order chi connectivity index (χ1) is 14.0. The van der Waals surface area contributed by atoms with Crippen molar-refractivity contribution in [3.05, 3.63) is 29.8 Å². The molecule has 1 aromatic rings. The van der Waals surface area contributed by atoms with Gasteiger partial charge in [-0.3, -0.25) is 4.79 Å². The molecule has 29 heavy (non-hydrogen) atoms. The number of hydrogen-bond acceptors (Lipinski definition) is 3. The Morgan fingerprint density at radius 3 is 2.38 bits per heavy atom. The van der Waals surface area contributed by atoms with Crippen molar-refractivity contribution < 1.29 is 14.3 Å². The second-order valence-electron chi connectivity index (χ2n) is 9.12. The van der Waals surface area contributed by atoms with E-state index < -0.39 is 0 Å². The molecule has 3 aliphatic rings. The molecule has 0 N–H and O–H groups in total. The monoisotopic (exact) mass is 399 g/mol. The van der Waals surface area contributed by atoms with Crippen molar-refractivity contribution in [2.45, 2.75) is 38.1 Å². The van der Waals surface area contributed by atoms with Gasteiger partial charge in [-0.05, 0) is 36.5 Å². The second kappa shape index (κ2) is 8.25. The van der Waals surface area contributed by atoms with Gasteiger partial charge in [0.1, 0.15) is 5.75 Å². The van der Waals surface area contributed by atoms with Crippen molar-refractivity contribution in [1.82, 2.24) is 14.7 Å². The SMILES string of the molecule is COc1ccc([C@H]2[C@@H]3CN(C(=O)CC4CCCC4)C[C@@H]3CN2C(=O)N(C)C)cc1. The third kappa shape index (κ3) is 3.94. The largest absolute Gasteiger partial charge is 0.497 e. The zero-order valence-corrected chi connectivity index (χ0v) is 17.8. The predicted octanol–water partition coefficient (Wildman–Crippen LogP) is 3.39. The van der Waals surface area contributed by atoms with E-state index in [0.29, 0.717) is 36.6 Å². The molecule has 3 fully saturated rings. The van der Waals surface area contributed by atoms with Crippen molar-refractivity contribution >= 4 is 11.9 Å². The Hall–Kier alpha value is -2.24. The Balaban J connectivity index is 1.52. The molecule has 6 nitrogen and oxygen atoms in total. The number of carbonyl (C=O) groups excluding carboxylic acids is 2. The van der Waals surface area contributed by atoms with Crippen LogP contribution in [-0.4, -0.2) is 67.5 Å². The van der Waals surface area contributed by atoms with E-state index in [1.54, 1.807) is 26.1 Å². The summed E-state index contributed by atoms with van der Waals surface area (Å²) in [5, 5.41) is 0. The summed E-state index contributed by atoms with van der Waals surface area (Å²) >= 11 is 0. The minimum Gasteiger partial charge on any atom is -0.497 e. The highest BCUT2D eigenvalue weighted by molar-refractivity contribution is 5.77. The van der Waals surface area contributed by atoms with E-state index in [1.807, 2.05) is 17.0 Å². The zero-order valence-electron chi connectivity index (χ0n) is 17.8. The lowest BCUT2D eigenvalue weighted by molar-refractivity contribution is -0.131. The van der Waals surface area contributed by atoms with Crippen LogP contribution in [-0.2, 0) is 4.79 Å². The molecule has 0 spiro atoms. The summed E-state index contributed by atoms with van der Waals surface area (Å²) < 4.78 is 5.30. The molecule has 158 valence electrons. The summed E-state index contributed by atoms with van der Waals surface area (Å²) in [4.78, 5) is 31.5. The van der Waals surface area contributed by atoms with Crippen LogP contribution < -0.4 is 4.74 Å². The molecule has 1 aliphatic carbocycles. The standard InChI is InChI=1S/C23H33N3O3/c1-24(2)23(28)26-14-18-13-25(21(27)12-16-6-4-5-7-16)15-20(18)22(26)17-8-10-19(29-3)11-9-17/h8-11,16,18,20,22H,4-7,12-15H2,1-3H3/t18-,20-,22+/m1/s1. The Kier molecular flexibility index (Phi) is 5.70. The molecule has 0 bridgehead atoms. The first kappa shape index (κ1) is 20.0. The number of fused-ring (bicyclic) bond motifs is 1. The highest BCUT2D eigenvalue weighted by Crippen LogP contribution is 2.46. The number of nitrogens with zero attached hydrogens (tertiary/aromatic N) is 3. The fraction of sp³-hybridized carbons (Fsp3) is 0.652. The van der Waals surface area contributed by atoms with Crippen LogP contribution in [0.5, 0.6) is 5.75 Å². The molecule has 0 radical (unpaired) electrons. The van der Waals surface area contributed by atoms with Gasteiger partial charge in [0.05, 0.1) is 13.2 Å².